The Labute approximate surface area is 132 Å². The predicted octanol–water partition coefficient (Wildman–Crippen LogP) is 3.52. The molecular weight excluding hydrogens is 300 g/mol. The number of carbonyl (C=O) groups is 2. The maximum absolute atomic E-state index is 12.1. The lowest BCUT2D eigenvalue weighted by atomic mass is 10.1. The van der Waals surface area contributed by atoms with Gasteiger partial charge >= 0.3 is 5.97 Å². The number of ether oxygens (including phenoxy) is 1. The largest absolute Gasteiger partial charge is 0.456 e. The first kappa shape index (κ1) is 14.6. The Morgan fingerprint density at radius 1 is 1.36 bits per heavy atom. The van der Waals surface area contributed by atoms with Gasteiger partial charge in [0.15, 0.2) is 0 Å². The van der Waals surface area contributed by atoms with Crippen molar-refractivity contribution in [3.8, 4) is 0 Å². The Bertz CT molecular complexity index is 764. The van der Waals surface area contributed by atoms with E-state index in [2.05, 4.69) is 10.3 Å². The number of amides is 1. The van der Waals surface area contributed by atoms with Gasteiger partial charge in [-0.25, -0.2) is 4.79 Å². The lowest BCUT2D eigenvalue weighted by molar-refractivity contribution is -0.110. The van der Waals surface area contributed by atoms with Crippen LogP contribution in [-0.2, 0) is 9.53 Å². The van der Waals surface area contributed by atoms with E-state index >= 15 is 0 Å². The zero-order chi connectivity index (χ0) is 15.9. The van der Waals surface area contributed by atoms with E-state index in [0.29, 0.717) is 15.5 Å². The number of H-pyrrole nitrogens is 1. The van der Waals surface area contributed by atoms with E-state index in [1.807, 2.05) is 32.9 Å². The lowest BCUT2D eigenvalue weighted by Crippen LogP contribution is -2.23. The highest BCUT2D eigenvalue weighted by molar-refractivity contribution is 7.18. The van der Waals surface area contributed by atoms with Crippen LogP contribution in [0.15, 0.2) is 24.4 Å². The minimum Gasteiger partial charge on any atom is -0.456 e. The molecule has 0 bridgehead atoms. The second-order valence-corrected chi connectivity index (χ2v) is 7.05. The summed E-state index contributed by atoms with van der Waals surface area (Å²) in [5, 5.41) is 3.47. The van der Waals surface area contributed by atoms with Gasteiger partial charge in [0.25, 0.3) is 5.91 Å². The first-order valence-corrected chi connectivity index (χ1v) is 7.69. The number of nitrogens with one attached hydrogen (secondary N) is 2. The molecule has 0 fully saturated rings. The van der Waals surface area contributed by atoms with E-state index < -0.39 is 5.60 Å². The maximum Gasteiger partial charge on any atom is 0.348 e. The summed E-state index contributed by atoms with van der Waals surface area (Å²) < 4.78 is 5.36. The van der Waals surface area contributed by atoms with E-state index in [1.54, 1.807) is 18.3 Å². The molecule has 0 saturated heterocycles. The molecule has 1 amide bonds. The molecule has 1 aliphatic heterocycles. The van der Waals surface area contributed by atoms with Crippen molar-refractivity contribution in [1.29, 1.82) is 0 Å². The quantitative estimate of drug-likeness (QED) is 0.658. The van der Waals surface area contributed by atoms with Gasteiger partial charge in [0.2, 0.25) is 0 Å². The van der Waals surface area contributed by atoms with E-state index in [9.17, 15) is 9.59 Å². The third-order valence-corrected chi connectivity index (χ3v) is 4.05. The number of fused-ring (bicyclic) bond motifs is 1. The second kappa shape index (κ2) is 5.14. The third-order valence-electron chi connectivity index (χ3n) is 3.02. The van der Waals surface area contributed by atoms with Crippen molar-refractivity contribution in [2.75, 3.05) is 5.32 Å². The summed E-state index contributed by atoms with van der Waals surface area (Å²) in [5.41, 5.74) is 1.58. The molecule has 0 aromatic carbocycles. The van der Waals surface area contributed by atoms with Gasteiger partial charge in [0.05, 0.1) is 5.57 Å². The molecule has 114 valence electrons. The number of hydrogen-bond acceptors (Lipinski definition) is 4. The highest BCUT2D eigenvalue weighted by atomic mass is 32.1. The van der Waals surface area contributed by atoms with Crippen LogP contribution in [0.4, 0.5) is 5.00 Å². The molecule has 6 heteroatoms. The zero-order valence-electron chi connectivity index (χ0n) is 12.5. The van der Waals surface area contributed by atoms with Crippen LogP contribution in [-0.4, -0.2) is 22.5 Å². The molecule has 0 radical (unpaired) electrons. The van der Waals surface area contributed by atoms with Crippen LogP contribution in [0.5, 0.6) is 0 Å². The minimum atomic E-state index is -0.544. The van der Waals surface area contributed by atoms with Gasteiger partial charge in [-0.1, -0.05) is 0 Å². The number of rotatable bonds is 2. The molecule has 0 saturated carbocycles. The average Bonchev–Trinajstić information content (AvgIpc) is 3.06. The molecule has 2 N–H and O–H groups in total. The summed E-state index contributed by atoms with van der Waals surface area (Å²) in [7, 11) is 0. The Kier molecular flexibility index (Phi) is 3.41. The fraction of sp³-hybridized carbons (Fsp3) is 0.250. The fourth-order valence-electron chi connectivity index (χ4n) is 2.14. The molecule has 2 aromatic rings. The molecule has 3 heterocycles. The van der Waals surface area contributed by atoms with Gasteiger partial charge in [0, 0.05) is 17.5 Å². The molecule has 0 unspecified atom stereocenters. The van der Waals surface area contributed by atoms with Crippen LogP contribution in [0.25, 0.3) is 11.6 Å². The lowest BCUT2D eigenvalue weighted by Gasteiger charge is -2.18. The highest BCUT2D eigenvalue weighted by Crippen LogP contribution is 2.40. The third kappa shape index (κ3) is 2.82. The van der Waals surface area contributed by atoms with Crippen LogP contribution in [0.1, 0.15) is 41.7 Å². The first-order chi connectivity index (χ1) is 10.3. The number of hydrogen-bond donors (Lipinski definition) is 2. The van der Waals surface area contributed by atoms with E-state index in [0.717, 1.165) is 11.3 Å². The van der Waals surface area contributed by atoms with Gasteiger partial charge in [-0.15, -0.1) is 11.3 Å². The van der Waals surface area contributed by atoms with E-state index in [1.165, 1.54) is 11.3 Å². The van der Waals surface area contributed by atoms with Crippen molar-refractivity contribution in [2.45, 2.75) is 26.4 Å². The number of aromatic nitrogens is 1. The molecule has 3 rings (SSSR count). The molecule has 5 nitrogen and oxygen atoms in total. The summed E-state index contributed by atoms with van der Waals surface area (Å²) in [4.78, 5) is 27.7. The Morgan fingerprint density at radius 2 is 2.14 bits per heavy atom. The number of anilines is 1. The van der Waals surface area contributed by atoms with Crippen LogP contribution in [0.2, 0.25) is 0 Å². The van der Waals surface area contributed by atoms with Crippen molar-refractivity contribution >= 4 is 39.9 Å². The first-order valence-electron chi connectivity index (χ1n) is 6.87. The molecule has 0 spiro atoms. The zero-order valence-corrected chi connectivity index (χ0v) is 13.3. The number of aromatic amines is 1. The Balaban J connectivity index is 1.92. The summed E-state index contributed by atoms with van der Waals surface area (Å²) in [6, 6.07) is 5.44. The number of esters is 1. The summed E-state index contributed by atoms with van der Waals surface area (Å²) in [5.74, 6) is -0.535. The molecule has 2 aromatic heterocycles. The van der Waals surface area contributed by atoms with Crippen LogP contribution in [0.3, 0.4) is 0 Å². The smallest absolute Gasteiger partial charge is 0.348 e. The van der Waals surface area contributed by atoms with Gasteiger partial charge in [-0.05, 0) is 45.0 Å². The standard InChI is InChI=1S/C16H16N2O3S/c1-16(2,3)21-15(20)12-8-11-10(7-9-5-4-6-17-9)13(19)18-14(11)22-12/h4-8,17H,1-3H3,(H,18,19). The van der Waals surface area contributed by atoms with Crippen LogP contribution >= 0.6 is 11.3 Å². The average molecular weight is 316 g/mol. The molecule has 22 heavy (non-hydrogen) atoms. The number of thiophene rings is 1. The van der Waals surface area contributed by atoms with Crippen molar-refractivity contribution in [3.05, 3.63) is 40.5 Å². The molecular formula is C16H16N2O3S. The summed E-state index contributed by atoms with van der Waals surface area (Å²) in [6.07, 6.45) is 3.56. The SMILES string of the molecule is CC(C)(C)OC(=O)c1cc2c(s1)NC(=O)C2=Cc1ccc[nH]1. The van der Waals surface area contributed by atoms with E-state index in [-0.39, 0.29) is 11.9 Å². The van der Waals surface area contributed by atoms with E-state index in [4.69, 9.17) is 4.74 Å². The van der Waals surface area contributed by atoms with Gasteiger partial charge in [-0.3, -0.25) is 4.79 Å². The van der Waals surface area contributed by atoms with Crippen molar-refractivity contribution in [2.24, 2.45) is 0 Å². The predicted molar refractivity (Wildman–Crippen MR) is 86.8 cm³/mol. The molecule has 0 aliphatic carbocycles. The Hall–Kier alpha value is -2.34. The maximum atomic E-state index is 12.1. The highest BCUT2D eigenvalue weighted by Gasteiger charge is 2.30. The van der Waals surface area contributed by atoms with Gasteiger partial charge in [0.1, 0.15) is 15.5 Å². The topological polar surface area (TPSA) is 71.2 Å². The van der Waals surface area contributed by atoms with Crippen LogP contribution < -0.4 is 5.32 Å². The van der Waals surface area contributed by atoms with Crippen molar-refractivity contribution in [3.63, 3.8) is 0 Å². The molecule has 1 aliphatic rings. The van der Waals surface area contributed by atoms with Crippen molar-refractivity contribution in [1.82, 2.24) is 4.98 Å². The fourth-order valence-corrected chi connectivity index (χ4v) is 3.08. The normalized spacial score (nSPS) is 15.8. The van der Waals surface area contributed by atoms with Gasteiger partial charge < -0.3 is 15.0 Å². The summed E-state index contributed by atoms with van der Waals surface area (Å²) >= 11 is 1.23. The van der Waals surface area contributed by atoms with Crippen molar-refractivity contribution < 1.29 is 14.3 Å². The Morgan fingerprint density at radius 3 is 2.77 bits per heavy atom. The monoisotopic (exact) mass is 316 g/mol. The second-order valence-electron chi connectivity index (χ2n) is 5.99. The van der Waals surface area contributed by atoms with Crippen LogP contribution in [0, 0.1) is 0 Å². The number of carbonyl (C=O) groups excluding carboxylic acids is 2. The molecule has 0 atom stereocenters. The minimum absolute atomic E-state index is 0.161. The summed E-state index contributed by atoms with van der Waals surface area (Å²) in [6.45, 7) is 5.47. The van der Waals surface area contributed by atoms with Gasteiger partial charge in [-0.2, -0.15) is 0 Å².